The molecule has 0 saturated carbocycles. The Balaban J connectivity index is 1.94. The third-order valence-electron chi connectivity index (χ3n) is 4.14. The zero-order chi connectivity index (χ0) is 18.9. The van der Waals surface area contributed by atoms with Crippen molar-refractivity contribution >= 4 is 5.96 Å². The van der Waals surface area contributed by atoms with Gasteiger partial charge in [0, 0.05) is 12.5 Å². The van der Waals surface area contributed by atoms with Crippen LogP contribution in [0, 0.1) is 0 Å². The minimum Gasteiger partial charge on any atom is -0.496 e. The molecule has 6 nitrogen and oxygen atoms in total. The predicted molar refractivity (Wildman–Crippen MR) is 104 cm³/mol. The smallest absolute Gasteiger partial charge is 0.188 e. The van der Waals surface area contributed by atoms with Crippen molar-refractivity contribution in [3.63, 3.8) is 0 Å². The molecule has 2 rings (SSSR count). The van der Waals surface area contributed by atoms with E-state index in [1.165, 1.54) is 0 Å². The molecule has 0 amide bonds. The van der Waals surface area contributed by atoms with E-state index >= 15 is 0 Å². The van der Waals surface area contributed by atoms with Crippen LogP contribution in [0.5, 0.6) is 17.2 Å². The summed E-state index contributed by atoms with van der Waals surface area (Å²) in [6.07, 6.45) is 0. The van der Waals surface area contributed by atoms with Gasteiger partial charge in [-0.1, -0.05) is 31.2 Å². The van der Waals surface area contributed by atoms with Crippen molar-refractivity contribution in [1.82, 2.24) is 5.32 Å². The van der Waals surface area contributed by atoms with Crippen molar-refractivity contribution in [3.05, 3.63) is 53.6 Å². The normalized spacial score (nSPS) is 12.4. The van der Waals surface area contributed by atoms with E-state index in [0.29, 0.717) is 30.5 Å². The van der Waals surface area contributed by atoms with Crippen LogP contribution in [0.2, 0.25) is 0 Å². The summed E-state index contributed by atoms with van der Waals surface area (Å²) in [6.45, 7) is 3.25. The van der Waals surface area contributed by atoms with Gasteiger partial charge in [-0.25, -0.2) is 4.99 Å². The number of aliphatic imine (C=N–C) groups is 1. The van der Waals surface area contributed by atoms with Gasteiger partial charge in [-0.15, -0.1) is 0 Å². The molecule has 0 aromatic heterocycles. The summed E-state index contributed by atoms with van der Waals surface area (Å²) in [5.74, 6) is 2.89. The number of para-hydroxylation sites is 1. The quantitative estimate of drug-likeness (QED) is 0.561. The molecule has 0 radical (unpaired) electrons. The third-order valence-corrected chi connectivity index (χ3v) is 4.14. The van der Waals surface area contributed by atoms with E-state index in [4.69, 9.17) is 19.9 Å². The van der Waals surface area contributed by atoms with Crippen molar-refractivity contribution in [3.8, 4) is 17.2 Å². The Bertz CT molecular complexity index is 747. The molecule has 0 bridgehead atoms. The zero-order valence-corrected chi connectivity index (χ0v) is 15.8. The summed E-state index contributed by atoms with van der Waals surface area (Å²) in [6, 6.07) is 13.7. The van der Waals surface area contributed by atoms with Crippen LogP contribution < -0.4 is 25.3 Å². The van der Waals surface area contributed by atoms with Crippen molar-refractivity contribution in [2.45, 2.75) is 19.4 Å². The first-order chi connectivity index (χ1) is 12.6. The van der Waals surface area contributed by atoms with Crippen LogP contribution >= 0.6 is 0 Å². The number of ether oxygens (including phenoxy) is 3. The van der Waals surface area contributed by atoms with E-state index < -0.39 is 0 Å². The molecular formula is C20H27N3O3. The molecule has 0 fully saturated rings. The lowest BCUT2D eigenvalue weighted by molar-refractivity contribution is 0.354. The number of rotatable bonds is 8. The van der Waals surface area contributed by atoms with Gasteiger partial charge in [-0.3, -0.25) is 0 Å². The SMILES string of the molecule is COc1ccc(CN=C(N)NCC(C)c2ccccc2OC)cc1OC. The predicted octanol–water partition coefficient (Wildman–Crippen LogP) is 2.92. The highest BCUT2D eigenvalue weighted by atomic mass is 16.5. The molecule has 6 heteroatoms. The van der Waals surface area contributed by atoms with Crippen LogP contribution in [0.4, 0.5) is 0 Å². The van der Waals surface area contributed by atoms with Gasteiger partial charge in [0.15, 0.2) is 17.5 Å². The second-order valence-corrected chi connectivity index (χ2v) is 5.91. The summed E-state index contributed by atoms with van der Waals surface area (Å²) in [7, 11) is 4.90. The lowest BCUT2D eigenvalue weighted by Gasteiger charge is -2.16. The fourth-order valence-corrected chi connectivity index (χ4v) is 2.65. The topological polar surface area (TPSA) is 78.1 Å². The van der Waals surface area contributed by atoms with Gasteiger partial charge >= 0.3 is 0 Å². The van der Waals surface area contributed by atoms with Crippen molar-refractivity contribution < 1.29 is 14.2 Å². The summed E-state index contributed by atoms with van der Waals surface area (Å²) in [5, 5.41) is 3.17. The molecular weight excluding hydrogens is 330 g/mol. The van der Waals surface area contributed by atoms with E-state index in [-0.39, 0.29) is 5.92 Å². The lowest BCUT2D eigenvalue weighted by atomic mass is 10.0. The molecule has 0 saturated heterocycles. The highest BCUT2D eigenvalue weighted by molar-refractivity contribution is 5.77. The number of guanidine groups is 1. The van der Waals surface area contributed by atoms with Gasteiger partial charge in [-0.2, -0.15) is 0 Å². The molecule has 1 atom stereocenters. The molecule has 0 heterocycles. The van der Waals surface area contributed by atoms with Gasteiger partial charge in [0.2, 0.25) is 0 Å². The van der Waals surface area contributed by atoms with Crippen molar-refractivity contribution in [1.29, 1.82) is 0 Å². The molecule has 140 valence electrons. The Labute approximate surface area is 155 Å². The molecule has 26 heavy (non-hydrogen) atoms. The fraction of sp³-hybridized carbons (Fsp3) is 0.350. The van der Waals surface area contributed by atoms with Crippen molar-refractivity contribution in [2.24, 2.45) is 10.7 Å². The van der Waals surface area contributed by atoms with E-state index in [2.05, 4.69) is 23.3 Å². The molecule has 0 aliphatic heterocycles. The van der Waals surface area contributed by atoms with Crippen LogP contribution in [0.25, 0.3) is 0 Å². The maximum atomic E-state index is 6.00. The average Bonchev–Trinajstić information content (AvgIpc) is 2.69. The van der Waals surface area contributed by atoms with E-state index in [9.17, 15) is 0 Å². The molecule has 0 aliphatic carbocycles. The Hall–Kier alpha value is -2.89. The van der Waals surface area contributed by atoms with Gasteiger partial charge in [-0.05, 0) is 29.3 Å². The molecule has 1 unspecified atom stereocenters. The Morgan fingerprint density at radius 3 is 2.38 bits per heavy atom. The summed E-state index contributed by atoms with van der Waals surface area (Å²) >= 11 is 0. The van der Waals surface area contributed by atoms with Crippen LogP contribution in [0.15, 0.2) is 47.5 Å². The monoisotopic (exact) mass is 357 g/mol. The summed E-state index contributed by atoms with van der Waals surface area (Å²) in [4.78, 5) is 4.39. The number of methoxy groups -OCH3 is 3. The number of nitrogens with two attached hydrogens (primary N) is 1. The van der Waals surface area contributed by atoms with Crippen molar-refractivity contribution in [2.75, 3.05) is 27.9 Å². The van der Waals surface area contributed by atoms with Crippen LogP contribution in [-0.4, -0.2) is 33.8 Å². The fourth-order valence-electron chi connectivity index (χ4n) is 2.65. The minimum absolute atomic E-state index is 0.237. The van der Waals surface area contributed by atoms with Gasteiger partial charge in [0.1, 0.15) is 5.75 Å². The highest BCUT2D eigenvalue weighted by Gasteiger charge is 2.11. The summed E-state index contributed by atoms with van der Waals surface area (Å²) < 4.78 is 15.9. The van der Waals surface area contributed by atoms with E-state index in [0.717, 1.165) is 16.9 Å². The largest absolute Gasteiger partial charge is 0.496 e. The third kappa shape index (κ3) is 5.05. The molecule has 2 aromatic rings. The van der Waals surface area contributed by atoms with Crippen LogP contribution in [-0.2, 0) is 6.54 Å². The van der Waals surface area contributed by atoms with Gasteiger partial charge in [0.05, 0.1) is 27.9 Å². The first kappa shape index (κ1) is 19.4. The zero-order valence-electron chi connectivity index (χ0n) is 15.8. The lowest BCUT2D eigenvalue weighted by Crippen LogP contribution is -2.34. The molecule has 0 aliphatic rings. The van der Waals surface area contributed by atoms with E-state index in [1.54, 1.807) is 21.3 Å². The number of hydrogen-bond acceptors (Lipinski definition) is 4. The van der Waals surface area contributed by atoms with Gasteiger partial charge in [0.25, 0.3) is 0 Å². The minimum atomic E-state index is 0.237. The highest BCUT2D eigenvalue weighted by Crippen LogP contribution is 2.28. The Kier molecular flexibility index (Phi) is 7.14. The standard InChI is InChI=1S/C20H27N3O3/c1-14(16-7-5-6-8-17(16)24-2)12-22-20(21)23-13-15-9-10-18(25-3)19(11-15)26-4/h5-11,14H,12-13H2,1-4H3,(H3,21,22,23). The molecule has 2 aromatic carbocycles. The van der Waals surface area contributed by atoms with Crippen LogP contribution in [0.3, 0.4) is 0 Å². The van der Waals surface area contributed by atoms with Crippen LogP contribution in [0.1, 0.15) is 24.0 Å². The van der Waals surface area contributed by atoms with E-state index in [1.807, 2.05) is 36.4 Å². The summed E-state index contributed by atoms with van der Waals surface area (Å²) in [5.41, 5.74) is 8.12. The first-order valence-electron chi connectivity index (χ1n) is 8.46. The second-order valence-electron chi connectivity index (χ2n) is 5.91. The Morgan fingerprint density at radius 1 is 1.00 bits per heavy atom. The number of nitrogens with one attached hydrogen (secondary N) is 1. The molecule has 0 spiro atoms. The van der Waals surface area contributed by atoms with Gasteiger partial charge < -0.3 is 25.3 Å². The Morgan fingerprint density at radius 2 is 1.69 bits per heavy atom. The average molecular weight is 357 g/mol. The number of hydrogen-bond donors (Lipinski definition) is 2. The number of nitrogens with zero attached hydrogens (tertiary/aromatic N) is 1. The maximum absolute atomic E-state index is 6.00. The second kappa shape index (κ2) is 9.56. The first-order valence-corrected chi connectivity index (χ1v) is 8.46. The molecule has 3 N–H and O–H groups in total. The number of benzene rings is 2. The maximum Gasteiger partial charge on any atom is 0.188 e.